The Kier molecular flexibility index (Phi) is 5.73. The van der Waals surface area contributed by atoms with E-state index in [1.807, 2.05) is 19.1 Å². The number of anilines is 1. The number of aryl methyl sites for hydroxylation is 1. The second-order valence-corrected chi connectivity index (χ2v) is 6.30. The molecule has 0 spiro atoms. The van der Waals surface area contributed by atoms with E-state index in [1.165, 1.54) is 6.08 Å². The number of nitrogens with one attached hydrogen (secondary N) is 1. The number of primary amides is 1. The van der Waals surface area contributed by atoms with Gasteiger partial charge in [-0.05, 0) is 47.9 Å². The molecule has 2 aromatic carbocycles. The largest absolute Gasteiger partial charge is 0.484 e. The normalized spacial score (nSPS) is 15.4. The summed E-state index contributed by atoms with van der Waals surface area (Å²) in [5, 5.41) is 2.18. The van der Waals surface area contributed by atoms with Gasteiger partial charge < -0.3 is 10.5 Å². The molecule has 3 N–H and O–H groups in total. The maximum absolute atomic E-state index is 12.8. The number of hydrogen-bond acceptors (Lipinski definition) is 5. The van der Waals surface area contributed by atoms with E-state index in [0.29, 0.717) is 17.0 Å². The lowest BCUT2D eigenvalue weighted by atomic mass is 10.1. The van der Waals surface area contributed by atoms with Crippen LogP contribution < -0.4 is 20.7 Å². The molecule has 8 heteroatoms. The molecule has 1 aliphatic rings. The van der Waals surface area contributed by atoms with Gasteiger partial charge >= 0.3 is 6.03 Å². The quantitative estimate of drug-likeness (QED) is 0.573. The Balaban J connectivity index is 1.85. The number of carbonyl (C=O) groups is 4. The fraction of sp³-hybridized carbons (Fsp3) is 0.143. The average Bonchev–Trinajstić information content (AvgIpc) is 2.71. The first kappa shape index (κ1) is 19.8. The highest BCUT2D eigenvalue weighted by molar-refractivity contribution is 6.39. The van der Waals surface area contributed by atoms with Crippen molar-refractivity contribution in [1.29, 1.82) is 0 Å². The van der Waals surface area contributed by atoms with Gasteiger partial charge in [0.1, 0.15) is 11.3 Å². The van der Waals surface area contributed by atoms with Crippen LogP contribution in [0.2, 0.25) is 0 Å². The Bertz CT molecular complexity index is 994. The van der Waals surface area contributed by atoms with Crippen LogP contribution in [0.5, 0.6) is 5.75 Å². The second-order valence-electron chi connectivity index (χ2n) is 6.30. The zero-order chi connectivity index (χ0) is 21.0. The molecule has 0 unspecified atom stereocenters. The molecule has 0 bridgehead atoms. The molecule has 0 aliphatic carbocycles. The molecule has 1 fully saturated rings. The van der Waals surface area contributed by atoms with Crippen molar-refractivity contribution in [2.75, 3.05) is 11.5 Å². The molecule has 148 valence electrons. The van der Waals surface area contributed by atoms with Crippen LogP contribution in [0.15, 0.2) is 54.1 Å². The third kappa shape index (κ3) is 4.49. The number of urea groups is 1. The Morgan fingerprint density at radius 2 is 1.72 bits per heavy atom. The first-order valence-electron chi connectivity index (χ1n) is 8.90. The topological polar surface area (TPSA) is 119 Å². The summed E-state index contributed by atoms with van der Waals surface area (Å²) in [5.74, 6) is -1.66. The zero-order valence-electron chi connectivity index (χ0n) is 15.7. The van der Waals surface area contributed by atoms with Gasteiger partial charge in [-0.15, -0.1) is 0 Å². The first-order chi connectivity index (χ1) is 13.9. The van der Waals surface area contributed by atoms with Gasteiger partial charge in [-0.3, -0.25) is 19.7 Å². The highest BCUT2D eigenvalue weighted by Crippen LogP contribution is 2.23. The van der Waals surface area contributed by atoms with Crippen molar-refractivity contribution in [2.24, 2.45) is 5.73 Å². The highest BCUT2D eigenvalue weighted by Gasteiger charge is 2.36. The minimum absolute atomic E-state index is 0.171. The van der Waals surface area contributed by atoms with Gasteiger partial charge in [0.2, 0.25) is 0 Å². The summed E-state index contributed by atoms with van der Waals surface area (Å²) in [5.41, 5.74) is 6.83. The molecule has 0 atom stereocenters. The third-order valence-electron chi connectivity index (χ3n) is 4.28. The molecule has 2 aromatic rings. The summed E-state index contributed by atoms with van der Waals surface area (Å²) in [6, 6.07) is 12.5. The van der Waals surface area contributed by atoms with Crippen molar-refractivity contribution >= 4 is 35.5 Å². The molecule has 1 saturated heterocycles. The van der Waals surface area contributed by atoms with E-state index in [9.17, 15) is 19.2 Å². The van der Waals surface area contributed by atoms with Gasteiger partial charge in [0.25, 0.3) is 17.7 Å². The number of carbonyl (C=O) groups excluding carboxylic acids is 4. The standard InChI is InChI=1S/C21H19N3O5/c1-2-13-3-7-15(8-4-13)24-20(27)17(19(26)23-21(24)28)11-14-5-9-16(10-6-14)29-12-18(22)25/h3-11H,2,12H2,1H3,(H2,22,25)(H,23,26,28)/b17-11+. The first-order valence-corrected chi connectivity index (χ1v) is 8.90. The van der Waals surface area contributed by atoms with Gasteiger partial charge in [-0.25, -0.2) is 9.69 Å². The number of hydrogen-bond donors (Lipinski definition) is 2. The van der Waals surface area contributed by atoms with Gasteiger partial charge in [0.15, 0.2) is 6.61 Å². The van der Waals surface area contributed by atoms with E-state index in [0.717, 1.165) is 16.9 Å². The van der Waals surface area contributed by atoms with Gasteiger partial charge in [0.05, 0.1) is 5.69 Å². The van der Waals surface area contributed by atoms with Crippen molar-refractivity contribution in [3.63, 3.8) is 0 Å². The minimum atomic E-state index is -0.795. The predicted molar refractivity (Wildman–Crippen MR) is 106 cm³/mol. The number of amides is 5. The number of benzene rings is 2. The number of barbiturate groups is 1. The summed E-state index contributed by atoms with van der Waals surface area (Å²) < 4.78 is 5.17. The Morgan fingerprint density at radius 1 is 1.07 bits per heavy atom. The monoisotopic (exact) mass is 393 g/mol. The van der Waals surface area contributed by atoms with E-state index in [1.54, 1.807) is 36.4 Å². The average molecular weight is 393 g/mol. The number of rotatable bonds is 6. The van der Waals surface area contributed by atoms with Crippen LogP contribution in [0.25, 0.3) is 6.08 Å². The lowest BCUT2D eigenvalue weighted by Crippen LogP contribution is -2.54. The van der Waals surface area contributed by atoms with E-state index >= 15 is 0 Å². The molecule has 1 heterocycles. The molecule has 3 rings (SSSR count). The van der Waals surface area contributed by atoms with Crippen LogP contribution in [0.1, 0.15) is 18.1 Å². The maximum atomic E-state index is 12.8. The fourth-order valence-electron chi connectivity index (χ4n) is 2.75. The summed E-state index contributed by atoms with van der Waals surface area (Å²) in [6.45, 7) is 1.74. The SMILES string of the molecule is CCc1ccc(N2C(=O)NC(=O)/C(=C\c3ccc(OCC(N)=O)cc3)C2=O)cc1. The maximum Gasteiger partial charge on any atom is 0.335 e. The summed E-state index contributed by atoms with van der Waals surface area (Å²) in [7, 11) is 0. The number of nitrogens with zero attached hydrogens (tertiary/aromatic N) is 1. The van der Waals surface area contributed by atoms with Crippen molar-refractivity contribution in [3.05, 3.63) is 65.2 Å². The second kappa shape index (κ2) is 8.39. The fourth-order valence-corrected chi connectivity index (χ4v) is 2.75. The van der Waals surface area contributed by atoms with Crippen LogP contribution in [0, 0.1) is 0 Å². The smallest absolute Gasteiger partial charge is 0.335 e. The lowest BCUT2D eigenvalue weighted by molar-refractivity contribution is -0.123. The van der Waals surface area contributed by atoms with Crippen molar-refractivity contribution in [1.82, 2.24) is 5.32 Å². The lowest BCUT2D eigenvalue weighted by Gasteiger charge is -2.26. The Morgan fingerprint density at radius 3 is 2.31 bits per heavy atom. The molecule has 0 radical (unpaired) electrons. The molecule has 0 aromatic heterocycles. The van der Waals surface area contributed by atoms with E-state index in [-0.39, 0.29) is 12.2 Å². The van der Waals surface area contributed by atoms with Crippen molar-refractivity contribution in [2.45, 2.75) is 13.3 Å². The van der Waals surface area contributed by atoms with Crippen LogP contribution in [-0.2, 0) is 20.8 Å². The van der Waals surface area contributed by atoms with Crippen LogP contribution in [0.3, 0.4) is 0 Å². The van der Waals surface area contributed by atoms with Crippen LogP contribution in [0.4, 0.5) is 10.5 Å². The van der Waals surface area contributed by atoms with Gasteiger partial charge in [-0.2, -0.15) is 0 Å². The number of imide groups is 2. The van der Waals surface area contributed by atoms with Gasteiger partial charge in [-0.1, -0.05) is 31.2 Å². The predicted octanol–water partition coefficient (Wildman–Crippen LogP) is 1.78. The molecular weight excluding hydrogens is 374 g/mol. The number of nitrogens with two attached hydrogens (primary N) is 1. The molecule has 8 nitrogen and oxygen atoms in total. The molecule has 29 heavy (non-hydrogen) atoms. The minimum Gasteiger partial charge on any atom is -0.484 e. The third-order valence-corrected chi connectivity index (χ3v) is 4.28. The zero-order valence-corrected chi connectivity index (χ0v) is 15.7. The Hall–Kier alpha value is -3.94. The van der Waals surface area contributed by atoms with E-state index in [2.05, 4.69) is 5.32 Å². The molecule has 1 aliphatic heterocycles. The van der Waals surface area contributed by atoms with Crippen LogP contribution >= 0.6 is 0 Å². The molecular formula is C21H19N3O5. The number of ether oxygens (including phenoxy) is 1. The van der Waals surface area contributed by atoms with E-state index < -0.39 is 23.8 Å². The van der Waals surface area contributed by atoms with Crippen molar-refractivity contribution in [3.8, 4) is 5.75 Å². The summed E-state index contributed by atoms with van der Waals surface area (Å²) >= 11 is 0. The van der Waals surface area contributed by atoms with Crippen LogP contribution in [-0.4, -0.2) is 30.4 Å². The molecule has 0 saturated carbocycles. The van der Waals surface area contributed by atoms with Crippen molar-refractivity contribution < 1.29 is 23.9 Å². The summed E-state index contributed by atoms with van der Waals surface area (Å²) in [6.07, 6.45) is 2.21. The van der Waals surface area contributed by atoms with E-state index in [4.69, 9.17) is 10.5 Å². The van der Waals surface area contributed by atoms with Gasteiger partial charge in [0, 0.05) is 0 Å². The molecule has 5 amide bonds. The summed E-state index contributed by atoms with van der Waals surface area (Å²) in [4.78, 5) is 49.0. The Labute approximate surface area is 166 Å². The highest BCUT2D eigenvalue weighted by atomic mass is 16.5.